The maximum Gasteiger partial charge on any atom is 0.323 e. The van der Waals surface area contributed by atoms with Gasteiger partial charge in [0.15, 0.2) is 6.79 Å². The number of carbonyl (C=O) groups is 1. The average Bonchev–Trinajstić information content (AvgIpc) is 2.35. The molecule has 2 unspecified atom stereocenters. The van der Waals surface area contributed by atoms with E-state index in [4.69, 9.17) is 20.3 Å². The molecule has 0 spiro atoms. The number of methoxy groups -OCH3 is 1. The maximum atomic E-state index is 10.6. The lowest BCUT2D eigenvalue weighted by atomic mass is 10.0. The molecule has 0 aliphatic carbocycles. The van der Waals surface area contributed by atoms with Crippen molar-refractivity contribution in [1.29, 1.82) is 0 Å². The maximum absolute atomic E-state index is 10.6. The van der Waals surface area contributed by atoms with Gasteiger partial charge in [-0.1, -0.05) is 12.1 Å². The van der Waals surface area contributed by atoms with Gasteiger partial charge in [0, 0.05) is 7.11 Å². The molecule has 6 nitrogen and oxygen atoms in total. The molecule has 1 aromatic carbocycles. The Morgan fingerprint density at radius 2 is 2.00 bits per heavy atom. The summed E-state index contributed by atoms with van der Waals surface area (Å²) in [4.78, 5) is 10.6. The van der Waals surface area contributed by atoms with Gasteiger partial charge in [-0.3, -0.25) is 4.79 Å². The highest BCUT2D eigenvalue weighted by Gasteiger charge is 2.23. The second-order valence-electron chi connectivity index (χ2n) is 3.43. The van der Waals surface area contributed by atoms with E-state index in [0.717, 1.165) is 0 Å². The van der Waals surface area contributed by atoms with E-state index in [1.54, 1.807) is 24.3 Å². The van der Waals surface area contributed by atoms with Crippen molar-refractivity contribution < 1.29 is 24.5 Å². The van der Waals surface area contributed by atoms with Gasteiger partial charge in [-0.05, 0) is 17.7 Å². The molecule has 0 saturated heterocycles. The summed E-state index contributed by atoms with van der Waals surface area (Å²) in [6.45, 7) is 0.122. The number of hydrogen-bond acceptors (Lipinski definition) is 5. The van der Waals surface area contributed by atoms with Gasteiger partial charge in [-0.2, -0.15) is 0 Å². The number of rotatable bonds is 6. The summed E-state index contributed by atoms with van der Waals surface area (Å²) >= 11 is 0. The molecule has 0 radical (unpaired) electrons. The summed E-state index contributed by atoms with van der Waals surface area (Å²) in [6.07, 6.45) is -1.25. The van der Waals surface area contributed by atoms with Crippen LogP contribution < -0.4 is 10.5 Å². The standard InChI is InChI=1S/C11H15NO5/c1-16-6-17-8-4-2-7(3-5-8)10(13)9(12)11(14)15/h2-5,9-10,13H,6,12H2,1H3,(H,14,15). The lowest BCUT2D eigenvalue weighted by Crippen LogP contribution is -2.36. The van der Waals surface area contributed by atoms with Gasteiger partial charge in [-0.25, -0.2) is 0 Å². The minimum Gasteiger partial charge on any atom is -0.480 e. The fourth-order valence-corrected chi connectivity index (χ4v) is 1.23. The molecule has 6 heteroatoms. The fourth-order valence-electron chi connectivity index (χ4n) is 1.23. The number of aliphatic carboxylic acids is 1. The Balaban J connectivity index is 2.69. The highest BCUT2D eigenvalue weighted by molar-refractivity contribution is 5.74. The molecule has 0 aliphatic heterocycles. The quantitative estimate of drug-likeness (QED) is 0.611. The third-order valence-corrected chi connectivity index (χ3v) is 2.19. The van der Waals surface area contributed by atoms with Gasteiger partial charge in [0.2, 0.25) is 0 Å². The van der Waals surface area contributed by atoms with Crippen molar-refractivity contribution in [3.63, 3.8) is 0 Å². The van der Waals surface area contributed by atoms with Crippen molar-refractivity contribution in [2.45, 2.75) is 12.1 Å². The van der Waals surface area contributed by atoms with Crippen LogP contribution in [-0.2, 0) is 9.53 Å². The zero-order valence-electron chi connectivity index (χ0n) is 9.37. The SMILES string of the molecule is COCOc1ccc(C(O)C(N)C(=O)O)cc1. The number of benzene rings is 1. The van der Waals surface area contributed by atoms with Gasteiger partial charge in [0.1, 0.15) is 17.9 Å². The Morgan fingerprint density at radius 3 is 2.47 bits per heavy atom. The smallest absolute Gasteiger partial charge is 0.323 e. The molecule has 0 aliphatic rings. The molecule has 1 rings (SSSR count). The second kappa shape index (κ2) is 6.19. The number of hydrogen-bond donors (Lipinski definition) is 3. The van der Waals surface area contributed by atoms with Gasteiger partial charge in [-0.15, -0.1) is 0 Å². The summed E-state index contributed by atoms with van der Waals surface area (Å²) in [7, 11) is 1.50. The van der Waals surface area contributed by atoms with Crippen LogP contribution >= 0.6 is 0 Å². The van der Waals surface area contributed by atoms with Crippen LogP contribution in [0.1, 0.15) is 11.7 Å². The van der Waals surface area contributed by atoms with Gasteiger partial charge < -0.3 is 25.4 Å². The Kier molecular flexibility index (Phi) is 4.89. The van der Waals surface area contributed by atoms with Crippen LogP contribution in [-0.4, -0.2) is 36.1 Å². The molecule has 0 amide bonds. The summed E-state index contributed by atoms with van der Waals surface area (Å²) < 4.78 is 9.87. The Hall–Kier alpha value is -1.63. The van der Waals surface area contributed by atoms with E-state index < -0.39 is 18.1 Å². The van der Waals surface area contributed by atoms with Gasteiger partial charge in [0.05, 0.1) is 0 Å². The Morgan fingerprint density at radius 1 is 1.41 bits per heavy atom. The Labute approximate surface area is 98.6 Å². The molecular weight excluding hydrogens is 226 g/mol. The molecule has 0 fully saturated rings. The van der Waals surface area contributed by atoms with Crippen LogP contribution in [0.4, 0.5) is 0 Å². The number of carboxylic acids is 1. The molecule has 4 N–H and O–H groups in total. The van der Waals surface area contributed by atoms with E-state index in [-0.39, 0.29) is 6.79 Å². The highest BCUT2D eigenvalue weighted by atomic mass is 16.7. The van der Waals surface area contributed by atoms with Crippen LogP contribution in [0.3, 0.4) is 0 Å². The molecular formula is C11H15NO5. The predicted molar refractivity (Wildman–Crippen MR) is 59.5 cm³/mol. The molecule has 17 heavy (non-hydrogen) atoms. The highest BCUT2D eigenvalue weighted by Crippen LogP contribution is 2.19. The fraction of sp³-hybridized carbons (Fsp3) is 0.364. The Bertz CT molecular complexity index is 365. The van der Waals surface area contributed by atoms with Crippen LogP contribution in [0.15, 0.2) is 24.3 Å². The predicted octanol–water partition coefficient (Wildman–Crippen LogP) is 0.115. The van der Waals surface area contributed by atoms with Crippen molar-refractivity contribution in [2.24, 2.45) is 5.73 Å². The first kappa shape index (κ1) is 13.4. The molecule has 0 saturated carbocycles. The van der Waals surface area contributed by atoms with Crippen molar-refractivity contribution >= 4 is 5.97 Å². The molecule has 0 aromatic heterocycles. The second-order valence-corrected chi connectivity index (χ2v) is 3.43. The number of carboxylic acid groups (broad SMARTS) is 1. The topological polar surface area (TPSA) is 102 Å². The minimum atomic E-state index is -1.35. The first-order valence-electron chi connectivity index (χ1n) is 4.94. The zero-order valence-corrected chi connectivity index (χ0v) is 9.37. The number of ether oxygens (including phenoxy) is 2. The van der Waals surface area contributed by atoms with Crippen LogP contribution in [0, 0.1) is 0 Å². The third kappa shape index (κ3) is 3.70. The summed E-state index contributed by atoms with van der Waals surface area (Å²) in [6, 6.07) is 4.97. The molecule has 2 atom stereocenters. The lowest BCUT2D eigenvalue weighted by molar-refractivity contribution is -0.141. The van der Waals surface area contributed by atoms with Gasteiger partial charge >= 0.3 is 5.97 Å². The number of aliphatic hydroxyl groups excluding tert-OH is 1. The molecule has 94 valence electrons. The van der Waals surface area contributed by atoms with Crippen molar-refractivity contribution in [1.82, 2.24) is 0 Å². The summed E-state index contributed by atoms with van der Waals surface area (Å²) in [5, 5.41) is 18.3. The normalized spacial score (nSPS) is 14.1. The lowest BCUT2D eigenvalue weighted by Gasteiger charge is -2.15. The van der Waals surface area contributed by atoms with E-state index in [2.05, 4.69) is 0 Å². The molecule has 0 bridgehead atoms. The summed E-state index contributed by atoms with van der Waals surface area (Å²) in [5.41, 5.74) is 5.73. The van der Waals surface area contributed by atoms with Crippen molar-refractivity contribution in [3.8, 4) is 5.75 Å². The van der Waals surface area contributed by atoms with Crippen LogP contribution in [0.5, 0.6) is 5.75 Å². The largest absolute Gasteiger partial charge is 0.480 e. The van der Waals surface area contributed by atoms with E-state index in [0.29, 0.717) is 11.3 Å². The van der Waals surface area contributed by atoms with Gasteiger partial charge in [0.25, 0.3) is 0 Å². The average molecular weight is 241 g/mol. The van der Waals surface area contributed by atoms with E-state index >= 15 is 0 Å². The van der Waals surface area contributed by atoms with Crippen molar-refractivity contribution in [3.05, 3.63) is 29.8 Å². The summed E-state index contributed by atoms with van der Waals surface area (Å²) in [5.74, 6) is -0.691. The number of nitrogens with two attached hydrogens (primary N) is 1. The molecule has 1 aromatic rings. The monoisotopic (exact) mass is 241 g/mol. The van der Waals surface area contributed by atoms with E-state index in [9.17, 15) is 9.90 Å². The minimum absolute atomic E-state index is 0.122. The first-order valence-corrected chi connectivity index (χ1v) is 4.94. The van der Waals surface area contributed by atoms with E-state index in [1.165, 1.54) is 7.11 Å². The number of aliphatic hydroxyl groups is 1. The zero-order chi connectivity index (χ0) is 12.8. The molecule has 0 heterocycles. The van der Waals surface area contributed by atoms with Crippen LogP contribution in [0.2, 0.25) is 0 Å². The van der Waals surface area contributed by atoms with Crippen LogP contribution in [0.25, 0.3) is 0 Å². The first-order chi connectivity index (χ1) is 8.06. The van der Waals surface area contributed by atoms with Crippen molar-refractivity contribution in [2.75, 3.05) is 13.9 Å². The van der Waals surface area contributed by atoms with E-state index in [1.807, 2.05) is 0 Å². The third-order valence-electron chi connectivity index (χ3n) is 2.19.